The molecule has 3 heterocycles. The number of nitrogens with one attached hydrogen (secondary N) is 2. The lowest BCUT2D eigenvalue weighted by atomic mass is 9.88. The number of carbonyl (C=O) groups is 3. The maximum atomic E-state index is 13.5. The largest absolute Gasteiger partial charge is 0.453 e. The smallest absolute Gasteiger partial charge is 0.417 e. The molecule has 3 aromatic heterocycles. The van der Waals surface area contributed by atoms with Gasteiger partial charge in [-0.2, -0.15) is 13.2 Å². The summed E-state index contributed by atoms with van der Waals surface area (Å²) in [5, 5.41) is 12.6. The van der Waals surface area contributed by atoms with E-state index in [0.717, 1.165) is 17.7 Å². The van der Waals surface area contributed by atoms with Crippen molar-refractivity contribution in [3.8, 4) is 11.3 Å². The van der Waals surface area contributed by atoms with Gasteiger partial charge in [-0.3, -0.25) is 29.3 Å². The van der Waals surface area contributed by atoms with Crippen molar-refractivity contribution >= 4 is 23.6 Å². The number of rotatable bonds is 10. The van der Waals surface area contributed by atoms with E-state index in [-0.39, 0.29) is 23.1 Å². The highest BCUT2D eigenvalue weighted by molar-refractivity contribution is 5.98. The van der Waals surface area contributed by atoms with E-state index in [1.807, 2.05) is 0 Å². The monoisotopic (exact) mass is 641 g/mol. The van der Waals surface area contributed by atoms with Crippen LogP contribution in [0, 0.1) is 5.92 Å². The van der Waals surface area contributed by atoms with Crippen molar-refractivity contribution < 1.29 is 36.7 Å². The van der Waals surface area contributed by atoms with Crippen LogP contribution < -0.4 is 16.2 Å². The molecule has 4 rings (SSSR count). The predicted octanol–water partition coefficient (Wildman–Crippen LogP) is 4.24. The highest BCUT2D eigenvalue weighted by Crippen LogP contribution is 2.33. The average molecular weight is 642 g/mol. The third-order valence-corrected chi connectivity index (χ3v) is 7.00. The third-order valence-electron chi connectivity index (χ3n) is 7.00. The van der Waals surface area contributed by atoms with Gasteiger partial charge in [0.05, 0.1) is 41.7 Å². The van der Waals surface area contributed by atoms with Gasteiger partial charge in [0.2, 0.25) is 23.4 Å². The van der Waals surface area contributed by atoms with Crippen molar-refractivity contribution in [2.45, 2.75) is 51.9 Å². The highest BCUT2D eigenvalue weighted by Gasteiger charge is 2.36. The molecule has 0 spiro atoms. The van der Waals surface area contributed by atoms with Crippen LogP contribution in [-0.2, 0) is 27.7 Å². The Bertz CT molecular complexity index is 1790. The summed E-state index contributed by atoms with van der Waals surface area (Å²) in [5.41, 5.74) is -1.87. The number of pyridine rings is 1. The summed E-state index contributed by atoms with van der Waals surface area (Å²) >= 11 is 0. The quantitative estimate of drug-likeness (QED) is 0.239. The van der Waals surface area contributed by atoms with Crippen LogP contribution in [0.5, 0.6) is 0 Å². The molecule has 0 saturated carbocycles. The van der Waals surface area contributed by atoms with Crippen molar-refractivity contribution in [3.63, 3.8) is 0 Å². The highest BCUT2D eigenvalue weighted by atomic mass is 19.4. The van der Waals surface area contributed by atoms with E-state index in [4.69, 9.17) is 4.42 Å². The minimum atomic E-state index is -4.56. The van der Waals surface area contributed by atoms with Crippen LogP contribution in [0.15, 0.2) is 64.1 Å². The van der Waals surface area contributed by atoms with Gasteiger partial charge in [0.1, 0.15) is 6.54 Å². The van der Waals surface area contributed by atoms with Gasteiger partial charge in [0.15, 0.2) is 0 Å². The minimum absolute atomic E-state index is 0.0848. The topological polar surface area (TPSA) is 171 Å². The summed E-state index contributed by atoms with van der Waals surface area (Å²) in [5.74, 6) is -2.83. The Morgan fingerprint density at radius 2 is 1.70 bits per heavy atom. The fourth-order valence-corrected chi connectivity index (χ4v) is 4.36. The number of methoxy groups -OCH3 is 1. The molecule has 0 aliphatic heterocycles. The molecular weight excluding hydrogens is 611 g/mol. The van der Waals surface area contributed by atoms with E-state index in [2.05, 4.69) is 35.5 Å². The molecule has 0 fully saturated rings. The van der Waals surface area contributed by atoms with E-state index < -0.39 is 64.9 Å². The zero-order chi connectivity index (χ0) is 33.8. The molecular formula is C30H30F3N7O6. The number of hydrogen-bond acceptors (Lipinski definition) is 10. The molecule has 1 atom stereocenters. The molecule has 13 nitrogen and oxygen atoms in total. The van der Waals surface area contributed by atoms with Gasteiger partial charge in [0.25, 0.3) is 11.4 Å². The third kappa shape index (κ3) is 7.27. The van der Waals surface area contributed by atoms with E-state index >= 15 is 0 Å². The number of nitrogens with zero attached hydrogens (tertiary/aromatic N) is 5. The van der Waals surface area contributed by atoms with E-state index in [0.29, 0.717) is 11.8 Å². The standard InChI is InChI=1S/C30H30F3N7O6/c1-16(2)22(23(42)25-38-39-27(46-25)29(3,4)20-12-11-18(13-34-20)30(31,32)33)36-21(41)15-40-19(17-9-7-6-8-10-17)14-35-24(26(40)43)37-28(44)45-5/h6-14,16,22H,15H2,1-5H3,(H,36,41)(H,35,37,44)/t22-/m0/s1. The van der Waals surface area contributed by atoms with Crippen molar-refractivity contribution in [1.82, 2.24) is 30.0 Å². The Morgan fingerprint density at radius 1 is 1.00 bits per heavy atom. The van der Waals surface area contributed by atoms with Gasteiger partial charge in [-0.05, 0) is 37.5 Å². The molecule has 0 aliphatic rings. The van der Waals surface area contributed by atoms with Crippen LogP contribution in [0.25, 0.3) is 11.3 Å². The predicted molar refractivity (Wildman–Crippen MR) is 157 cm³/mol. The molecule has 2 amide bonds. The lowest BCUT2D eigenvalue weighted by Crippen LogP contribution is -2.46. The average Bonchev–Trinajstić information content (AvgIpc) is 3.53. The molecule has 16 heteroatoms. The number of hydrogen-bond donors (Lipinski definition) is 2. The first kappa shape index (κ1) is 33.5. The zero-order valence-electron chi connectivity index (χ0n) is 25.4. The van der Waals surface area contributed by atoms with Gasteiger partial charge in [0, 0.05) is 6.20 Å². The second-order valence-corrected chi connectivity index (χ2v) is 11.0. The van der Waals surface area contributed by atoms with Gasteiger partial charge >= 0.3 is 12.3 Å². The van der Waals surface area contributed by atoms with E-state index in [1.165, 1.54) is 12.3 Å². The van der Waals surface area contributed by atoms with E-state index in [1.54, 1.807) is 58.0 Å². The maximum absolute atomic E-state index is 13.5. The van der Waals surface area contributed by atoms with Crippen LogP contribution in [0.2, 0.25) is 0 Å². The Morgan fingerprint density at radius 3 is 2.28 bits per heavy atom. The van der Waals surface area contributed by atoms with Gasteiger partial charge in [-0.15, -0.1) is 10.2 Å². The number of halogens is 3. The lowest BCUT2D eigenvalue weighted by Gasteiger charge is -2.21. The number of aromatic nitrogens is 5. The Kier molecular flexibility index (Phi) is 9.68. The second-order valence-electron chi connectivity index (χ2n) is 11.0. The van der Waals surface area contributed by atoms with Crippen molar-refractivity contribution in [2.24, 2.45) is 5.92 Å². The van der Waals surface area contributed by atoms with Gasteiger partial charge in [-0.25, -0.2) is 9.78 Å². The van der Waals surface area contributed by atoms with Crippen LogP contribution in [0.3, 0.4) is 0 Å². The van der Waals surface area contributed by atoms with Crippen molar-refractivity contribution in [2.75, 3.05) is 12.4 Å². The number of benzene rings is 1. The number of alkyl halides is 3. The molecule has 0 aliphatic carbocycles. The summed E-state index contributed by atoms with van der Waals surface area (Å²) in [4.78, 5) is 59.8. The number of amides is 2. The maximum Gasteiger partial charge on any atom is 0.417 e. The van der Waals surface area contributed by atoms with Gasteiger partial charge < -0.3 is 14.5 Å². The fraction of sp³-hybridized carbons (Fsp3) is 0.333. The van der Waals surface area contributed by atoms with Crippen molar-refractivity contribution in [1.29, 1.82) is 0 Å². The van der Waals surface area contributed by atoms with Crippen LogP contribution in [0.4, 0.5) is 23.8 Å². The molecule has 0 saturated heterocycles. The number of ketones is 1. The summed E-state index contributed by atoms with van der Waals surface area (Å²) in [6.07, 6.45) is -3.50. The normalized spacial score (nSPS) is 12.5. The zero-order valence-corrected chi connectivity index (χ0v) is 25.4. The molecule has 2 N–H and O–H groups in total. The van der Waals surface area contributed by atoms with E-state index in [9.17, 15) is 32.3 Å². The minimum Gasteiger partial charge on any atom is -0.453 e. The molecule has 1 aromatic carbocycles. The second kappa shape index (κ2) is 13.3. The number of ether oxygens (including phenoxy) is 1. The SMILES string of the molecule is COC(=O)Nc1ncc(-c2ccccc2)n(CC(=O)N[C@H](C(=O)c2nnc(C(C)(C)c3ccc(C(F)(F)F)cn3)o2)C(C)C)c1=O. The molecule has 242 valence electrons. The summed E-state index contributed by atoms with van der Waals surface area (Å²) in [6.45, 7) is 5.96. The molecule has 0 bridgehead atoms. The lowest BCUT2D eigenvalue weighted by molar-refractivity contribution is -0.137. The first-order chi connectivity index (χ1) is 21.6. The Hall–Kier alpha value is -5.41. The first-order valence-corrected chi connectivity index (χ1v) is 13.8. The fourth-order valence-electron chi connectivity index (χ4n) is 4.36. The van der Waals surface area contributed by atoms with Crippen molar-refractivity contribution in [3.05, 3.63) is 88.3 Å². The molecule has 0 radical (unpaired) electrons. The summed E-state index contributed by atoms with van der Waals surface area (Å²) < 4.78 is 50.3. The number of anilines is 1. The van der Waals surface area contributed by atoms with Crippen LogP contribution in [-0.4, -0.2) is 55.7 Å². The summed E-state index contributed by atoms with van der Waals surface area (Å²) in [6, 6.07) is 9.52. The number of carbonyl (C=O) groups excluding carboxylic acids is 3. The Balaban J connectivity index is 1.58. The molecule has 46 heavy (non-hydrogen) atoms. The summed E-state index contributed by atoms with van der Waals surface area (Å²) in [7, 11) is 1.11. The first-order valence-electron chi connectivity index (χ1n) is 13.8. The Labute approximate surface area is 260 Å². The van der Waals surface area contributed by atoms with Crippen LogP contribution in [0.1, 0.15) is 55.5 Å². The molecule has 0 unspecified atom stereocenters. The number of Topliss-reactive ketones (excluding diaryl/α,β-unsaturated/α-hetero) is 1. The molecule has 4 aromatic rings. The van der Waals surface area contributed by atoms with Crippen LogP contribution >= 0.6 is 0 Å². The van der Waals surface area contributed by atoms with Gasteiger partial charge in [-0.1, -0.05) is 44.2 Å².